The number of carbonyl (C=O) groups is 1. The lowest BCUT2D eigenvalue weighted by molar-refractivity contribution is 0.0989. The number of nitrogens with two attached hydrogens (primary N) is 1. The van der Waals surface area contributed by atoms with Gasteiger partial charge >= 0.3 is 0 Å². The number of nitrogens with zero attached hydrogens (tertiary/aromatic N) is 3. The molecule has 0 atom stereocenters. The van der Waals surface area contributed by atoms with Gasteiger partial charge in [-0.25, -0.2) is 0 Å². The monoisotopic (exact) mass is 281 g/mol. The molecule has 0 spiro atoms. The summed E-state index contributed by atoms with van der Waals surface area (Å²) in [5.74, 6) is 0.0779. The number of aromatic amines is 1. The predicted octanol–water partition coefficient (Wildman–Crippen LogP) is 2.02. The van der Waals surface area contributed by atoms with Crippen molar-refractivity contribution in [3.05, 3.63) is 41.2 Å². The first-order valence-electron chi connectivity index (χ1n) is 6.74. The van der Waals surface area contributed by atoms with Crippen LogP contribution in [-0.4, -0.2) is 23.2 Å². The maximum Gasteiger partial charge on any atom is 0.280 e. The molecule has 1 aromatic carbocycles. The Hall–Kier alpha value is -2.81. The number of hydrogen-bond donors (Lipinski definition) is 2. The molecule has 1 fully saturated rings. The highest BCUT2D eigenvalue weighted by Crippen LogP contribution is 2.42. The smallest absolute Gasteiger partial charge is 0.280 e. The number of anilines is 2. The van der Waals surface area contributed by atoms with Gasteiger partial charge < -0.3 is 10.6 Å². The Balaban J connectivity index is 1.93. The van der Waals surface area contributed by atoms with Crippen LogP contribution in [0.25, 0.3) is 0 Å². The van der Waals surface area contributed by atoms with Crippen LogP contribution >= 0.6 is 0 Å². The molecule has 0 unspecified atom stereocenters. The summed E-state index contributed by atoms with van der Waals surface area (Å²) in [6.07, 6.45) is 2.15. The van der Waals surface area contributed by atoms with Crippen molar-refractivity contribution < 1.29 is 4.79 Å². The number of aromatic nitrogens is 2. The Kier molecular flexibility index (Phi) is 3.10. The lowest BCUT2D eigenvalue weighted by Crippen LogP contribution is -2.28. The Morgan fingerprint density at radius 1 is 1.48 bits per heavy atom. The molecule has 2 aromatic rings. The van der Waals surface area contributed by atoms with Crippen molar-refractivity contribution in [1.82, 2.24) is 10.2 Å². The minimum Gasteiger partial charge on any atom is -0.395 e. The summed E-state index contributed by atoms with van der Waals surface area (Å²) in [4.78, 5) is 13.9. The average Bonchev–Trinajstić information content (AvgIpc) is 3.28. The molecule has 1 amide bonds. The quantitative estimate of drug-likeness (QED) is 0.899. The molecule has 6 nitrogen and oxygen atoms in total. The van der Waals surface area contributed by atoms with E-state index in [9.17, 15) is 4.79 Å². The zero-order chi connectivity index (χ0) is 15.0. The lowest BCUT2D eigenvalue weighted by Gasteiger charge is -2.17. The average molecular weight is 281 g/mol. The molecular weight excluding hydrogens is 266 g/mol. The highest BCUT2D eigenvalue weighted by molar-refractivity contribution is 6.08. The maximum absolute atomic E-state index is 12.5. The largest absolute Gasteiger partial charge is 0.395 e. The van der Waals surface area contributed by atoms with Gasteiger partial charge in [-0.15, -0.1) is 0 Å². The molecule has 3 N–H and O–H groups in total. The number of amides is 1. The second-order valence-corrected chi connectivity index (χ2v) is 5.17. The van der Waals surface area contributed by atoms with Crippen LogP contribution < -0.4 is 10.6 Å². The molecule has 0 radical (unpaired) electrons. The van der Waals surface area contributed by atoms with E-state index in [1.807, 2.05) is 0 Å². The second-order valence-electron chi connectivity index (χ2n) is 5.17. The second kappa shape index (κ2) is 4.94. The Bertz CT molecular complexity index is 739. The van der Waals surface area contributed by atoms with Crippen LogP contribution in [0.1, 0.15) is 40.5 Å². The summed E-state index contributed by atoms with van der Waals surface area (Å²) in [6, 6.07) is 9.01. The SMILES string of the molecule is CN(C(=O)c1n[nH]c(C2CC2)c1N)c1ccccc1C#N. The van der Waals surface area contributed by atoms with E-state index in [4.69, 9.17) is 11.0 Å². The van der Waals surface area contributed by atoms with E-state index in [0.29, 0.717) is 22.9 Å². The fourth-order valence-electron chi connectivity index (χ4n) is 2.34. The lowest BCUT2D eigenvalue weighted by atomic mass is 10.1. The number of nitrogens with one attached hydrogen (secondary N) is 1. The number of nitriles is 1. The third-order valence-electron chi connectivity index (χ3n) is 3.71. The topological polar surface area (TPSA) is 98.8 Å². The molecule has 3 rings (SSSR count). The zero-order valence-electron chi connectivity index (χ0n) is 11.6. The number of rotatable bonds is 3. The highest BCUT2D eigenvalue weighted by atomic mass is 16.2. The first-order valence-corrected chi connectivity index (χ1v) is 6.74. The minimum absolute atomic E-state index is 0.215. The van der Waals surface area contributed by atoms with Crippen LogP contribution in [0.3, 0.4) is 0 Å². The van der Waals surface area contributed by atoms with Gasteiger partial charge in [-0.2, -0.15) is 10.4 Å². The number of hydrogen-bond acceptors (Lipinski definition) is 4. The number of H-pyrrole nitrogens is 1. The summed E-state index contributed by atoms with van der Waals surface area (Å²) >= 11 is 0. The molecule has 0 aliphatic heterocycles. The zero-order valence-corrected chi connectivity index (χ0v) is 11.6. The van der Waals surface area contributed by atoms with Crippen LogP contribution in [0.2, 0.25) is 0 Å². The van der Waals surface area contributed by atoms with Gasteiger partial charge in [0.15, 0.2) is 5.69 Å². The fourth-order valence-corrected chi connectivity index (χ4v) is 2.34. The summed E-state index contributed by atoms with van der Waals surface area (Å²) in [7, 11) is 1.61. The van der Waals surface area contributed by atoms with Gasteiger partial charge in [0.05, 0.1) is 22.6 Å². The van der Waals surface area contributed by atoms with Crippen LogP contribution in [-0.2, 0) is 0 Å². The molecule has 0 saturated heterocycles. The first-order chi connectivity index (χ1) is 10.1. The summed E-state index contributed by atoms with van der Waals surface area (Å²) in [5.41, 5.74) is 8.49. The van der Waals surface area contributed by atoms with Crippen LogP contribution in [0.5, 0.6) is 0 Å². The van der Waals surface area contributed by atoms with E-state index in [1.54, 1.807) is 31.3 Å². The normalized spacial score (nSPS) is 13.7. The predicted molar refractivity (Wildman–Crippen MR) is 78.9 cm³/mol. The Labute approximate surface area is 122 Å². The summed E-state index contributed by atoms with van der Waals surface area (Å²) < 4.78 is 0. The summed E-state index contributed by atoms with van der Waals surface area (Å²) in [5, 5.41) is 16.0. The van der Waals surface area contributed by atoms with Crippen molar-refractivity contribution in [2.45, 2.75) is 18.8 Å². The van der Waals surface area contributed by atoms with Gasteiger partial charge in [0.25, 0.3) is 5.91 Å². The van der Waals surface area contributed by atoms with Crippen molar-refractivity contribution >= 4 is 17.3 Å². The summed E-state index contributed by atoms with van der Waals surface area (Å²) in [6.45, 7) is 0. The molecule has 1 aliphatic carbocycles. The molecular formula is C15H15N5O. The van der Waals surface area contributed by atoms with Crippen molar-refractivity contribution in [1.29, 1.82) is 5.26 Å². The van der Waals surface area contributed by atoms with E-state index in [1.165, 1.54) is 4.90 Å². The number of nitrogen functional groups attached to an aromatic ring is 1. The van der Waals surface area contributed by atoms with Gasteiger partial charge in [0.2, 0.25) is 0 Å². The molecule has 6 heteroatoms. The van der Waals surface area contributed by atoms with Crippen LogP contribution in [0, 0.1) is 11.3 Å². The number of carbonyl (C=O) groups excluding carboxylic acids is 1. The highest BCUT2D eigenvalue weighted by Gasteiger charge is 2.31. The van der Waals surface area contributed by atoms with Crippen LogP contribution in [0.4, 0.5) is 11.4 Å². The van der Waals surface area contributed by atoms with E-state index in [2.05, 4.69) is 16.3 Å². The van der Waals surface area contributed by atoms with Crippen molar-refractivity contribution in [2.75, 3.05) is 17.7 Å². The third kappa shape index (κ3) is 2.23. The fraction of sp³-hybridized carbons (Fsp3) is 0.267. The number of benzene rings is 1. The Morgan fingerprint density at radius 3 is 2.86 bits per heavy atom. The third-order valence-corrected chi connectivity index (χ3v) is 3.71. The molecule has 106 valence electrons. The van der Waals surface area contributed by atoms with E-state index < -0.39 is 0 Å². The number of para-hydroxylation sites is 1. The molecule has 1 aromatic heterocycles. The molecule has 1 heterocycles. The van der Waals surface area contributed by atoms with Gasteiger partial charge in [-0.3, -0.25) is 9.89 Å². The van der Waals surface area contributed by atoms with Gasteiger partial charge in [0.1, 0.15) is 6.07 Å². The van der Waals surface area contributed by atoms with Gasteiger partial charge in [-0.05, 0) is 25.0 Å². The first kappa shape index (κ1) is 13.2. The molecule has 0 bridgehead atoms. The van der Waals surface area contributed by atoms with Crippen molar-refractivity contribution in [2.24, 2.45) is 0 Å². The van der Waals surface area contributed by atoms with Crippen molar-refractivity contribution in [3.8, 4) is 6.07 Å². The van der Waals surface area contributed by atoms with Gasteiger partial charge in [0, 0.05) is 13.0 Å². The Morgan fingerprint density at radius 2 is 2.19 bits per heavy atom. The van der Waals surface area contributed by atoms with Gasteiger partial charge in [-0.1, -0.05) is 12.1 Å². The van der Waals surface area contributed by atoms with E-state index in [-0.39, 0.29) is 11.6 Å². The standard InChI is InChI=1S/C15H15N5O/c1-20(11-5-3-2-4-10(11)8-16)15(21)14-12(17)13(18-19-14)9-6-7-9/h2-5,9H,6-7,17H2,1H3,(H,18,19). The molecule has 1 saturated carbocycles. The maximum atomic E-state index is 12.5. The van der Waals surface area contributed by atoms with Crippen LogP contribution in [0.15, 0.2) is 24.3 Å². The molecule has 1 aliphatic rings. The van der Waals surface area contributed by atoms with E-state index in [0.717, 1.165) is 18.5 Å². The van der Waals surface area contributed by atoms with E-state index >= 15 is 0 Å². The molecule has 21 heavy (non-hydrogen) atoms. The van der Waals surface area contributed by atoms with Crippen molar-refractivity contribution in [3.63, 3.8) is 0 Å². The minimum atomic E-state index is -0.321.